The summed E-state index contributed by atoms with van der Waals surface area (Å²) in [6.45, 7) is 6.11. The van der Waals surface area contributed by atoms with Crippen molar-refractivity contribution in [3.8, 4) is 12.3 Å². The van der Waals surface area contributed by atoms with E-state index in [1.807, 2.05) is 13.0 Å². The topological polar surface area (TPSA) is 0 Å². The highest BCUT2D eigenvalue weighted by molar-refractivity contribution is 5.23. The molecule has 0 bridgehead atoms. The summed E-state index contributed by atoms with van der Waals surface area (Å²) in [5.41, 5.74) is 2.35. The van der Waals surface area contributed by atoms with Crippen molar-refractivity contribution in [3.05, 3.63) is 23.3 Å². The number of hydrogen-bond acceptors (Lipinski definition) is 0. The van der Waals surface area contributed by atoms with Gasteiger partial charge in [-0.2, -0.15) is 0 Å². The highest BCUT2D eigenvalue weighted by Gasteiger charge is 1.78. The van der Waals surface area contributed by atoms with E-state index in [-0.39, 0.29) is 0 Å². The molecule has 0 aromatic carbocycles. The summed E-state index contributed by atoms with van der Waals surface area (Å²) in [5.74, 6) is 2.57. The van der Waals surface area contributed by atoms with Crippen molar-refractivity contribution in [2.24, 2.45) is 0 Å². The van der Waals surface area contributed by atoms with Crippen LogP contribution in [-0.2, 0) is 0 Å². The number of terminal acetylenes is 1. The molecule has 0 aliphatic heterocycles. The lowest BCUT2D eigenvalue weighted by Gasteiger charge is -1.87. The summed E-state index contributed by atoms with van der Waals surface area (Å²) >= 11 is 0. The van der Waals surface area contributed by atoms with E-state index in [0.29, 0.717) is 0 Å². The number of allylic oxidation sites excluding steroid dienone is 4. The van der Waals surface area contributed by atoms with E-state index < -0.39 is 0 Å². The van der Waals surface area contributed by atoms with Crippen LogP contribution >= 0.6 is 0 Å². The maximum absolute atomic E-state index is 5.15. The van der Waals surface area contributed by atoms with E-state index in [4.69, 9.17) is 6.42 Å². The van der Waals surface area contributed by atoms with E-state index in [2.05, 4.69) is 25.8 Å². The normalized spacial score (nSPS) is 10.4. The first-order valence-corrected chi connectivity index (χ1v) is 3.43. The van der Waals surface area contributed by atoms with Gasteiger partial charge in [-0.15, -0.1) is 6.42 Å². The van der Waals surface area contributed by atoms with Gasteiger partial charge in [0.1, 0.15) is 0 Å². The third kappa shape index (κ3) is 5.18. The molecule has 0 aliphatic carbocycles. The minimum atomic E-state index is 0.957. The van der Waals surface area contributed by atoms with Gasteiger partial charge in [0.2, 0.25) is 0 Å². The Bertz CT molecular complexity index is 183. The molecular formula is C10H14. The summed E-state index contributed by atoms with van der Waals surface area (Å²) in [6, 6.07) is 0. The summed E-state index contributed by atoms with van der Waals surface area (Å²) < 4.78 is 0. The van der Waals surface area contributed by atoms with Crippen molar-refractivity contribution in [2.45, 2.75) is 27.2 Å². The second-order valence-corrected chi connectivity index (χ2v) is 2.55. The summed E-state index contributed by atoms with van der Waals surface area (Å²) in [6.07, 6.45) is 10.3. The Labute approximate surface area is 63.6 Å². The van der Waals surface area contributed by atoms with E-state index in [0.717, 1.165) is 12.0 Å². The van der Waals surface area contributed by atoms with Crippen LogP contribution in [0, 0.1) is 12.3 Å². The highest BCUT2D eigenvalue weighted by atomic mass is 13.8. The number of hydrogen-bond donors (Lipinski definition) is 0. The smallest absolute Gasteiger partial charge is 0.00502 e. The van der Waals surface area contributed by atoms with E-state index in [9.17, 15) is 0 Å². The molecule has 0 saturated carbocycles. The second-order valence-electron chi connectivity index (χ2n) is 2.55. The maximum Gasteiger partial charge on any atom is -0.00502 e. The Morgan fingerprint density at radius 1 is 1.30 bits per heavy atom. The molecule has 0 fully saturated rings. The molecule has 0 unspecified atom stereocenters. The zero-order valence-electron chi connectivity index (χ0n) is 6.94. The van der Waals surface area contributed by atoms with Gasteiger partial charge < -0.3 is 0 Å². The predicted octanol–water partition coefficient (Wildman–Crippen LogP) is 2.92. The molecule has 0 aromatic rings. The molecule has 0 spiro atoms. The fourth-order valence-corrected chi connectivity index (χ4v) is 0.530. The first-order valence-electron chi connectivity index (χ1n) is 3.43. The summed E-state index contributed by atoms with van der Waals surface area (Å²) in [5, 5.41) is 0. The monoisotopic (exact) mass is 134 g/mol. The highest BCUT2D eigenvalue weighted by Crippen LogP contribution is 1.97. The Kier molecular flexibility index (Phi) is 4.41. The second kappa shape index (κ2) is 4.88. The van der Waals surface area contributed by atoms with Gasteiger partial charge in [-0.05, 0) is 32.8 Å². The third-order valence-electron chi connectivity index (χ3n) is 1.18. The Balaban J connectivity index is 3.77. The molecular weight excluding hydrogens is 120 g/mol. The maximum atomic E-state index is 5.15. The van der Waals surface area contributed by atoms with Crippen molar-refractivity contribution < 1.29 is 0 Å². The lowest BCUT2D eigenvalue weighted by atomic mass is 10.2. The van der Waals surface area contributed by atoms with Crippen molar-refractivity contribution in [1.82, 2.24) is 0 Å². The number of rotatable bonds is 2. The third-order valence-corrected chi connectivity index (χ3v) is 1.18. The lowest BCUT2D eigenvalue weighted by Crippen LogP contribution is -1.68. The van der Waals surface area contributed by atoms with Gasteiger partial charge in [0, 0.05) is 0 Å². The average molecular weight is 134 g/mol. The Morgan fingerprint density at radius 3 is 2.30 bits per heavy atom. The first-order chi connectivity index (χ1) is 4.66. The fraction of sp³-hybridized carbons (Fsp3) is 0.400. The quantitative estimate of drug-likeness (QED) is 0.402. The van der Waals surface area contributed by atoms with E-state index in [1.54, 1.807) is 0 Å². The van der Waals surface area contributed by atoms with Crippen molar-refractivity contribution in [2.75, 3.05) is 0 Å². The SMILES string of the molecule is C#CC(C)=CCC=C(C)C. The molecule has 0 radical (unpaired) electrons. The molecule has 54 valence electrons. The van der Waals surface area contributed by atoms with Gasteiger partial charge in [0.25, 0.3) is 0 Å². The first kappa shape index (κ1) is 9.04. The molecule has 0 aromatic heterocycles. The van der Waals surface area contributed by atoms with Gasteiger partial charge in [-0.1, -0.05) is 23.6 Å². The van der Waals surface area contributed by atoms with Crippen LogP contribution in [0.25, 0.3) is 0 Å². The minimum absolute atomic E-state index is 0.957. The predicted molar refractivity (Wildman–Crippen MR) is 46.6 cm³/mol. The molecule has 0 amide bonds. The molecule has 0 rings (SSSR count). The largest absolute Gasteiger partial charge is 0.115 e. The molecule has 0 atom stereocenters. The van der Waals surface area contributed by atoms with Gasteiger partial charge >= 0.3 is 0 Å². The van der Waals surface area contributed by atoms with Gasteiger partial charge in [0.05, 0.1) is 0 Å². The standard InChI is InChI=1S/C10H14/c1-5-10(4)8-6-7-9(2)3/h1,7-8H,6H2,2-4H3. The Morgan fingerprint density at radius 2 is 1.90 bits per heavy atom. The molecule has 0 heterocycles. The lowest BCUT2D eigenvalue weighted by molar-refractivity contribution is 1.26. The zero-order chi connectivity index (χ0) is 7.98. The molecule has 0 nitrogen and oxygen atoms in total. The van der Waals surface area contributed by atoms with Crippen molar-refractivity contribution >= 4 is 0 Å². The van der Waals surface area contributed by atoms with Gasteiger partial charge in [0.15, 0.2) is 0 Å². The fourth-order valence-electron chi connectivity index (χ4n) is 0.530. The molecule has 0 aliphatic rings. The van der Waals surface area contributed by atoms with Crippen LogP contribution in [0.4, 0.5) is 0 Å². The van der Waals surface area contributed by atoms with Crippen molar-refractivity contribution in [3.63, 3.8) is 0 Å². The summed E-state index contributed by atoms with van der Waals surface area (Å²) in [4.78, 5) is 0. The van der Waals surface area contributed by atoms with Crippen LogP contribution in [0.5, 0.6) is 0 Å². The van der Waals surface area contributed by atoms with E-state index >= 15 is 0 Å². The van der Waals surface area contributed by atoms with Gasteiger partial charge in [-0.25, -0.2) is 0 Å². The van der Waals surface area contributed by atoms with Crippen LogP contribution in [0.1, 0.15) is 27.2 Å². The van der Waals surface area contributed by atoms with Crippen molar-refractivity contribution in [1.29, 1.82) is 0 Å². The molecule has 0 heteroatoms. The van der Waals surface area contributed by atoms with Crippen LogP contribution in [-0.4, -0.2) is 0 Å². The van der Waals surface area contributed by atoms with Crippen LogP contribution in [0.2, 0.25) is 0 Å². The summed E-state index contributed by atoms with van der Waals surface area (Å²) in [7, 11) is 0. The van der Waals surface area contributed by atoms with Crippen LogP contribution in [0.15, 0.2) is 23.3 Å². The average Bonchev–Trinajstić information content (AvgIpc) is 1.87. The molecule has 10 heavy (non-hydrogen) atoms. The van der Waals surface area contributed by atoms with Gasteiger partial charge in [-0.3, -0.25) is 0 Å². The van der Waals surface area contributed by atoms with Crippen LogP contribution < -0.4 is 0 Å². The molecule has 0 saturated heterocycles. The minimum Gasteiger partial charge on any atom is -0.115 e. The van der Waals surface area contributed by atoms with E-state index in [1.165, 1.54) is 5.57 Å². The zero-order valence-corrected chi connectivity index (χ0v) is 6.94. The molecule has 0 N–H and O–H groups in total. The Hall–Kier alpha value is -0.960. The van der Waals surface area contributed by atoms with Crippen LogP contribution in [0.3, 0.4) is 0 Å².